The lowest BCUT2D eigenvalue weighted by atomic mass is 9.94. The van der Waals surface area contributed by atoms with Crippen LogP contribution in [0.5, 0.6) is 5.75 Å². The summed E-state index contributed by atoms with van der Waals surface area (Å²) in [4.78, 5) is 15.0. The third-order valence-electron chi connectivity index (χ3n) is 7.60. The number of nitrogens with one attached hydrogen (secondary N) is 2. The van der Waals surface area contributed by atoms with Crippen molar-refractivity contribution in [3.05, 3.63) is 47.7 Å². The van der Waals surface area contributed by atoms with Crippen molar-refractivity contribution in [2.45, 2.75) is 30.8 Å². The number of ether oxygens (including phenoxy) is 2. The van der Waals surface area contributed by atoms with Gasteiger partial charge in [-0.2, -0.15) is 0 Å². The molecule has 2 saturated heterocycles. The van der Waals surface area contributed by atoms with E-state index in [0.717, 1.165) is 48.7 Å². The van der Waals surface area contributed by atoms with E-state index in [1.807, 2.05) is 6.07 Å². The molecule has 3 fully saturated rings. The molecule has 4 aliphatic rings. The van der Waals surface area contributed by atoms with Crippen molar-refractivity contribution >= 4 is 16.9 Å². The Morgan fingerprint density at radius 2 is 1.91 bits per heavy atom. The average Bonchev–Trinajstić information content (AvgIpc) is 3.20. The molecule has 0 amide bonds. The van der Waals surface area contributed by atoms with E-state index in [0.29, 0.717) is 30.1 Å². The van der Waals surface area contributed by atoms with Gasteiger partial charge in [0.1, 0.15) is 36.0 Å². The Hall–Kier alpha value is -2.71. The Morgan fingerprint density at radius 3 is 2.72 bits per heavy atom. The maximum atomic E-state index is 13.9. The molecule has 1 aromatic carbocycles. The molecule has 1 aliphatic carbocycles. The van der Waals surface area contributed by atoms with Crippen LogP contribution in [0.15, 0.2) is 30.6 Å². The third-order valence-corrected chi connectivity index (χ3v) is 7.60. The molecule has 3 aromatic rings. The molecule has 1 saturated carbocycles. The second-order valence-electron chi connectivity index (χ2n) is 9.68. The largest absolute Gasteiger partial charge is 0.491 e. The van der Waals surface area contributed by atoms with E-state index in [-0.39, 0.29) is 17.9 Å². The van der Waals surface area contributed by atoms with Crippen LogP contribution in [0.4, 0.5) is 10.2 Å². The Morgan fingerprint density at radius 1 is 1.06 bits per heavy atom. The minimum Gasteiger partial charge on any atom is -0.491 e. The molecule has 2 N–H and O–H groups in total. The number of fused-ring (bicyclic) bond motifs is 3. The Labute approximate surface area is 185 Å². The minimum absolute atomic E-state index is 0.0588. The van der Waals surface area contributed by atoms with Gasteiger partial charge in [0.15, 0.2) is 0 Å². The fourth-order valence-electron chi connectivity index (χ4n) is 5.69. The summed E-state index contributed by atoms with van der Waals surface area (Å²) >= 11 is 0. The molecule has 0 bridgehead atoms. The van der Waals surface area contributed by atoms with Gasteiger partial charge in [0.2, 0.25) is 0 Å². The highest BCUT2D eigenvalue weighted by atomic mass is 19.1. The SMILES string of the molecule is Fc1ccc2c(c1)OC[C@@H](N1CC3COC[C@@H]3C1)[C@@H]2Nc1ncnc2[nH]c(C3CC3)cc12. The number of anilines is 1. The molecule has 4 atom stereocenters. The van der Waals surface area contributed by atoms with Crippen LogP contribution in [0.3, 0.4) is 0 Å². The van der Waals surface area contributed by atoms with E-state index in [4.69, 9.17) is 9.47 Å². The summed E-state index contributed by atoms with van der Waals surface area (Å²) < 4.78 is 25.7. The van der Waals surface area contributed by atoms with E-state index in [1.165, 1.54) is 30.7 Å². The molecular formula is C24H26FN5O2. The number of benzene rings is 1. The Kier molecular flexibility index (Phi) is 4.20. The van der Waals surface area contributed by atoms with Gasteiger partial charge >= 0.3 is 0 Å². The van der Waals surface area contributed by atoms with E-state index in [2.05, 4.69) is 31.2 Å². The summed E-state index contributed by atoms with van der Waals surface area (Å²) in [7, 11) is 0. The molecule has 7 rings (SSSR count). The summed E-state index contributed by atoms with van der Waals surface area (Å²) in [5.41, 5.74) is 3.07. The zero-order chi connectivity index (χ0) is 21.2. The highest BCUT2D eigenvalue weighted by Gasteiger charge is 2.44. The van der Waals surface area contributed by atoms with Crippen molar-refractivity contribution in [1.29, 1.82) is 0 Å². The summed E-state index contributed by atoms with van der Waals surface area (Å²) in [5, 5.41) is 4.73. The zero-order valence-electron chi connectivity index (χ0n) is 17.8. The van der Waals surface area contributed by atoms with Gasteiger partial charge < -0.3 is 19.8 Å². The van der Waals surface area contributed by atoms with E-state index in [1.54, 1.807) is 6.33 Å². The molecule has 8 heteroatoms. The second-order valence-corrected chi connectivity index (χ2v) is 9.68. The van der Waals surface area contributed by atoms with Gasteiger partial charge in [-0.05, 0) is 30.9 Å². The van der Waals surface area contributed by atoms with E-state index >= 15 is 0 Å². The van der Waals surface area contributed by atoms with Crippen LogP contribution in [0.1, 0.15) is 36.1 Å². The standard InChI is InChI=1S/C24H26FN5O2/c25-16-3-4-17-21(5-16)32-11-20(30-7-14-9-31-10-15(14)8-30)22(17)29-24-18-6-19(13-1-2-13)28-23(18)26-12-27-24/h3-6,12-15,20,22H,1-2,7-11H2,(H2,26,27,28,29)/t14-,15?,20+,22+/m0/s1. The number of aromatic nitrogens is 3. The fraction of sp³-hybridized carbons (Fsp3) is 0.500. The highest BCUT2D eigenvalue weighted by molar-refractivity contribution is 5.88. The number of likely N-dealkylation sites (tertiary alicyclic amines) is 1. The lowest BCUT2D eigenvalue weighted by molar-refractivity contribution is 0.0950. The van der Waals surface area contributed by atoms with Crippen LogP contribution in [-0.4, -0.2) is 58.8 Å². The topological polar surface area (TPSA) is 75.3 Å². The second kappa shape index (κ2) is 7.15. The predicted octanol–water partition coefficient (Wildman–Crippen LogP) is 3.47. The molecule has 3 aliphatic heterocycles. The van der Waals surface area contributed by atoms with Crippen LogP contribution in [-0.2, 0) is 4.74 Å². The van der Waals surface area contributed by atoms with Crippen LogP contribution in [0, 0.1) is 17.7 Å². The van der Waals surface area contributed by atoms with Crippen molar-refractivity contribution in [2.75, 3.05) is 38.2 Å². The van der Waals surface area contributed by atoms with Gasteiger partial charge in [0.25, 0.3) is 0 Å². The first-order valence-corrected chi connectivity index (χ1v) is 11.6. The lowest BCUT2D eigenvalue weighted by Gasteiger charge is -2.40. The molecule has 32 heavy (non-hydrogen) atoms. The predicted molar refractivity (Wildman–Crippen MR) is 117 cm³/mol. The molecule has 166 valence electrons. The van der Waals surface area contributed by atoms with Crippen LogP contribution in [0.25, 0.3) is 11.0 Å². The first kappa shape index (κ1) is 18.8. The Balaban J connectivity index is 1.26. The number of halogens is 1. The molecule has 5 heterocycles. The van der Waals surface area contributed by atoms with Gasteiger partial charge in [0.05, 0.1) is 30.7 Å². The molecule has 2 aromatic heterocycles. The number of H-pyrrole nitrogens is 1. The van der Waals surface area contributed by atoms with Gasteiger partial charge in [-0.15, -0.1) is 0 Å². The number of hydrogen-bond acceptors (Lipinski definition) is 6. The average molecular weight is 436 g/mol. The van der Waals surface area contributed by atoms with Gasteiger partial charge in [-0.25, -0.2) is 14.4 Å². The van der Waals surface area contributed by atoms with E-state index < -0.39 is 0 Å². The molecule has 0 spiro atoms. The molecule has 7 nitrogen and oxygen atoms in total. The highest BCUT2D eigenvalue weighted by Crippen LogP contribution is 2.43. The van der Waals surface area contributed by atoms with Gasteiger partial charge in [-0.1, -0.05) is 6.07 Å². The fourth-order valence-corrected chi connectivity index (χ4v) is 5.69. The van der Waals surface area contributed by atoms with Crippen molar-refractivity contribution in [2.24, 2.45) is 11.8 Å². The van der Waals surface area contributed by atoms with Crippen LogP contribution in [0.2, 0.25) is 0 Å². The minimum atomic E-state index is -0.280. The monoisotopic (exact) mass is 435 g/mol. The first-order valence-electron chi connectivity index (χ1n) is 11.6. The molecule has 1 unspecified atom stereocenters. The van der Waals surface area contributed by atoms with Crippen molar-refractivity contribution in [1.82, 2.24) is 19.9 Å². The number of nitrogens with zero attached hydrogens (tertiary/aromatic N) is 3. The van der Waals surface area contributed by atoms with Gasteiger partial charge in [0, 0.05) is 42.2 Å². The van der Waals surface area contributed by atoms with Crippen molar-refractivity contribution < 1.29 is 13.9 Å². The van der Waals surface area contributed by atoms with Gasteiger partial charge in [-0.3, -0.25) is 4.90 Å². The van der Waals surface area contributed by atoms with Crippen molar-refractivity contribution in [3.8, 4) is 5.75 Å². The van der Waals surface area contributed by atoms with Crippen LogP contribution >= 0.6 is 0 Å². The summed E-state index contributed by atoms with van der Waals surface area (Å²) in [6.07, 6.45) is 4.06. The maximum Gasteiger partial charge on any atom is 0.143 e. The van der Waals surface area contributed by atoms with E-state index in [9.17, 15) is 4.39 Å². The summed E-state index contributed by atoms with van der Waals surface area (Å²) in [5.74, 6) is 2.93. The zero-order valence-corrected chi connectivity index (χ0v) is 17.8. The quantitative estimate of drug-likeness (QED) is 0.654. The summed E-state index contributed by atoms with van der Waals surface area (Å²) in [6.45, 7) is 4.21. The summed E-state index contributed by atoms with van der Waals surface area (Å²) in [6, 6.07) is 7.11. The number of rotatable bonds is 4. The molecule has 0 radical (unpaired) electrons. The van der Waals surface area contributed by atoms with Crippen LogP contribution < -0.4 is 10.1 Å². The third kappa shape index (κ3) is 3.08. The number of aromatic amines is 1. The number of hydrogen-bond donors (Lipinski definition) is 2. The maximum absolute atomic E-state index is 13.9. The lowest BCUT2D eigenvalue weighted by Crippen LogP contribution is -2.48. The normalized spacial score (nSPS) is 29.7. The van der Waals surface area contributed by atoms with Crippen molar-refractivity contribution in [3.63, 3.8) is 0 Å². The molecular weight excluding hydrogens is 409 g/mol. The smallest absolute Gasteiger partial charge is 0.143 e. The first-order chi connectivity index (χ1) is 15.7. The Bertz CT molecular complexity index is 1170.